The molecule has 0 atom stereocenters. The summed E-state index contributed by atoms with van der Waals surface area (Å²) in [5, 5.41) is 8.78. The third-order valence-corrected chi connectivity index (χ3v) is 5.82. The van der Waals surface area contributed by atoms with Crippen LogP contribution in [-0.2, 0) is 10.0 Å². The van der Waals surface area contributed by atoms with E-state index >= 15 is 0 Å². The summed E-state index contributed by atoms with van der Waals surface area (Å²) >= 11 is 3.35. The molecule has 6 heteroatoms. The molecule has 0 radical (unpaired) electrons. The summed E-state index contributed by atoms with van der Waals surface area (Å²) in [6.07, 6.45) is 0. The Balaban J connectivity index is 2.42. The van der Waals surface area contributed by atoms with Crippen LogP contribution in [-0.4, -0.2) is 15.5 Å². The van der Waals surface area contributed by atoms with Crippen LogP contribution < -0.4 is 4.31 Å². The van der Waals surface area contributed by atoms with Crippen LogP contribution in [0.1, 0.15) is 11.1 Å². The van der Waals surface area contributed by atoms with Crippen molar-refractivity contribution in [3.63, 3.8) is 0 Å². The van der Waals surface area contributed by atoms with Crippen LogP contribution in [0.2, 0.25) is 0 Å². The second-order valence-electron chi connectivity index (χ2n) is 4.54. The Labute approximate surface area is 132 Å². The summed E-state index contributed by atoms with van der Waals surface area (Å²) in [7, 11) is -2.13. The van der Waals surface area contributed by atoms with Crippen LogP contribution in [0.3, 0.4) is 0 Å². The summed E-state index contributed by atoms with van der Waals surface area (Å²) in [5.41, 5.74) is 1.85. The highest BCUT2D eigenvalue weighted by Crippen LogP contribution is 2.25. The van der Waals surface area contributed by atoms with E-state index in [1.165, 1.54) is 11.4 Å². The standard InChI is InChI=1S/C15H13BrN2O2S/c1-11-9-14(7-8-15(11)16)21(19,20)18(2)13-5-3-12(10-17)4-6-13/h3-9H,1-2H3. The number of hydrogen-bond donors (Lipinski definition) is 0. The lowest BCUT2D eigenvalue weighted by Crippen LogP contribution is -2.26. The molecule has 0 spiro atoms. The van der Waals surface area contributed by atoms with Crippen molar-refractivity contribution in [1.29, 1.82) is 5.26 Å². The fourth-order valence-electron chi connectivity index (χ4n) is 1.82. The molecule has 0 amide bonds. The van der Waals surface area contributed by atoms with E-state index in [1.807, 2.05) is 13.0 Å². The van der Waals surface area contributed by atoms with Gasteiger partial charge in [0.25, 0.3) is 10.0 Å². The summed E-state index contributed by atoms with van der Waals surface area (Å²) in [6, 6.07) is 13.3. The Bertz CT molecular complexity index is 809. The molecule has 4 nitrogen and oxygen atoms in total. The Morgan fingerprint density at radius 2 is 1.76 bits per heavy atom. The molecular weight excluding hydrogens is 352 g/mol. The molecule has 2 aromatic carbocycles. The zero-order chi connectivity index (χ0) is 15.6. The number of nitrogens with zero attached hydrogens (tertiary/aromatic N) is 2. The third-order valence-electron chi connectivity index (χ3n) is 3.15. The zero-order valence-electron chi connectivity index (χ0n) is 11.5. The first-order valence-corrected chi connectivity index (χ1v) is 8.35. The van der Waals surface area contributed by atoms with E-state index < -0.39 is 10.0 Å². The Hall–Kier alpha value is -1.84. The highest BCUT2D eigenvalue weighted by Gasteiger charge is 2.21. The van der Waals surface area contributed by atoms with Crippen LogP contribution in [0.15, 0.2) is 51.8 Å². The summed E-state index contributed by atoms with van der Waals surface area (Å²) in [6.45, 7) is 1.84. The number of aryl methyl sites for hydroxylation is 1. The number of rotatable bonds is 3. The summed E-state index contributed by atoms with van der Waals surface area (Å²) in [5.74, 6) is 0. The van der Waals surface area contributed by atoms with E-state index in [0.29, 0.717) is 11.3 Å². The molecule has 108 valence electrons. The minimum Gasteiger partial charge on any atom is -0.269 e. The van der Waals surface area contributed by atoms with Crippen LogP contribution in [0.5, 0.6) is 0 Å². The first-order chi connectivity index (χ1) is 9.86. The molecular formula is C15H13BrN2O2S. The second-order valence-corrected chi connectivity index (χ2v) is 7.37. The number of halogens is 1. The summed E-state index contributed by atoms with van der Waals surface area (Å²) in [4.78, 5) is 0.232. The molecule has 2 aromatic rings. The smallest absolute Gasteiger partial charge is 0.264 e. The summed E-state index contributed by atoms with van der Waals surface area (Å²) < 4.78 is 27.3. The van der Waals surface area contributed by atoms with Gasteiger partial charge in [-0.15, -0.1) is 0 Å². The fourth-order valence-corrected chi connectivity index (χ4v) is 3.35. The molecule has 0 fully saturated rings. The van der Waals surface area contributed by atoms with Crippen molar-refractivity contribution < 1.29 is 8.42 Å². The van der Waals surface area contributed by atoms with Crippen molar-refractivity contribution >= 4 is 31.6 Å². The number of hydrogen-bond acceptors (Lipinski definition) is 3. The molecule has 2 rings (SSSR count). The molecule has 0 aromatic heterocycles. The number of anilines is 1. The number of benzene rings is 2. The van der Waals surface area contributed by atoms with Gasteiger partial charge in [0.05, 0.1) is 22.2 Å². The van der Waals surface area contributed by atoms with Crippen molar-refractivity contribution in [3.8, 4) is 6.07 Å². The van der Waals surface area contributed by atoms with Crippen molar-refractivity contribution in [3.05, 3.63) is 58.1 Å². The average molecular weight is 365 g/mol. The highest BCUT2D eigenvalue weighted by molar-refractivity contribution is 9.10. The first kappa shape index (κ1) is 15.5. The second kappa shape index (κ2) is 5.88. The molecule has 0 N–H and O–H groups in total. The Morgan fingerprint density at radius 1 is 1.14 bits per heavy atom. The van der Waals surface area contributed by atoms with E-state index in [1.54, 1.807) is 42.5 Å². The Kier molecular flexibility index (Phi) is 4.35. The van der Waals surface area contributed by atoms with E-state index in [9.17, 15) is 8.42 Å². The van der Waals surface area contributed by atoms with Crippen molar-refractivity contribution in [2.24, 2.45) is 0 Å². The SMILES string of the molecule is Cc1cc(S(=O)(=O)N(C)c2ccc(C#N)cc2)ccc1Br. The third kappa shape index (κ3) is 3.09. The molecule has 0 heterocycles. The maximum atomic E-state index is 12.6. The van der Waals surface area contributed by atoms with Crippen molar-refractivity contribution in [2.75, 3.05) is 11.4 Å². The largest absolute Gasteiger partial charge is 0.269 e. The van der Waals surface area contributed by atoms with Gasteiger partial charge in [0.1, 0.15) is 0 Å². The van der Waals surface area contributed by atoms with Gasteiger partial charge in [-0.25, -0.2) is 8.42 Å². The molecule has 0 saturated heterocycles. The molecule has 0 aliphatic carbocycles. The molecule has 0 unspecified atom stereocenters. The van der Waals surface area contributed by atoms with Gasteiger partial charge >= 0.3 is 0 Å². The quantitative estimate of drug-likeness (QED) is 0.837. The fraction of sp³-hybridized carbons (Fsp3) is 0.133. The van der Waals surface area contributed by atoms with E-state index in [2.05, 4.69) is 15.9 Å². The van der Waals surface area contributed by atoms with Crippen LogP contribution in [0.4, 0.5) is 5.69 Å². The number of sulfonamides is 1. The Morgan fingerprint density at radius 3 is 2.29 bits per heavy atom. The average Bonchev–Trinajstić information content (AvgIpc) is 2.49. The van der Waals surface area contributed by atoms with Gasteiger partial charge in [0.2, 0.25) is 0 Å². The number of nitriles is 1. The topological polar surface area (TPSA) is 61.2 Å². The predicted molar refractivity (Wildman–Crippen MR) is 85.6 cm³/mol. The van der Waals surface area contributed by atoms with E-state index in [0.717, 1.165) is 10.0 Å². The lowest BCUT2D eigenvalue weighted by Gasteiger charge is -2.20. The van der Waals surface area contributed by atoms with Crippen molar-refractivity contribution in [1.82, 2.24) is 0 Å². The molecule has 21 heavy (non-hydrogen) atoms. The van der Waals surface area contributed by atoms with Gasteiger partial charge < -0.3 is 0 Å². The molecule has 0 bridgehead atoms. The normalized spacial score (nSPS) is 11.0. The first-order valence-electron chi connectivity index (χ1n) is 6.11. The van der Waals surface area contributed by atoms with Gasteiger partial charge in [-0.3, -0.25) is 4.31 Å². The van der Waals surface area contributed by atoms with Crippen molar-refractivity contribution in [2.45, 2.75) is 11.8 Å². The molecule has 0 aliphatic heterocycles. The lowest BCUT2D eigenvalue weighted by molar-refractivity contribution is 0.594. The highest BCUT2D eigenvalue weighted by atomic mass is 79.9. The van der Waals surface area contributed by atoms with Gasteiger partial charge in [-0.2, -0.15) is 5.26 Å². The van der Waals surface area contributed by atoms with Gasteiger partial charge in [-0.05, 0) is 55.0 Å². The van der Waals surface area contributed by atoms with Gasteiger partial charge in [0, 0.05) is 11.5 Å². The zero-order valence-corrected chi connectivity index (χ0v) is 13.9. The monoisotopic (exact) mass is 364 g/mol. The minimum absolute atomic E-state index is 0.232. The molecule has 0 aliphatic rings. The maximum Gasteiger partial charge on any atom is 0.264 e. The van der Waals surface area contributed by atoms with E-state index in [4.69, 9.17) is 5.26 Å². The van der Waals surface area contributed by atoms with E-state index in [-0.39, 0.29) is 4.90 Å². The lowest BCUT2D eigenvalue weighted by atomic mass is 10.2. The predicted octanol–water partition coefficient (Wildman–Crippen LogP) is 3.45. The molecule has 0 saturated carbocycles. The van der Waals surface area contributed by atoms with Gasteiger partial charge in [0.15, 0.2) is 0 Å². The van der Waals surface area contributed by atoms with Crippen LogP contribution in [0.25, 0.3) is 0 Å². The van der Waals surface area contributed by atoms with Gasteiger partial charge in [-0.1, -0.05) is 15.9 Å². The minimum atomic E-state index is -3.62. The maximum absolute atomic E-state index is 12.6. The van der Waals surface area contributed by atoms with Crippen LogP contribution in [0, 0.1) is 18.3 Å². The van der Waals surface area contributed by atoms with Crippen LogP contribution >= 0.6 is 15.9 Å².